The largest absolute Gasteiger partial charge is 0.324 e. The normalized spacial score (nSPS) is 13.1. The summed E-state index contributed by atoms with van der Waals surface area (Å²) >= 11 is 0. The van der Waals surface area contributed by atoms with Gasteiger partial charge in [-0.3, -0.25) is 0 Å². The summed E-state index contributed by atoms with van der Waals surface area (Å²) in [5.74, 6) is -0.0813. The van der Waals surface area contributed by atoms with Crippen LogP contribution in [0.25, 0.3) is 66.9 Å². The van der Waals surface area contributed by atoms with Crippen LogP contribution >= 0.6 is 0 Å². The van der Waals surface area contributed by atoms with E-state index in [0.717, 1.165) is 0 Å². The number of benzene rings is 3. The molecule has 0 saturated heterocycles. The summed E-state index contributed by atoms with van der Waals surface area (Å²) in [5.41, 5.74) is 1.47. The van der Waals surface area contributed by atoms with E-state index < -0.39 is 29.5 Å². The lowest BCUT2D eigenvalue weighted by Crippen LogP contribution is -2.07. The average molecular weight is 705 g/mol. The predicted octanol–water partition coefficient (Wildman–Crippen LogP) is 5.86. The van der Waals surface area contributed by atoms with Crippen molar-refractivity contribution in [2.75, 3.05) is 17.3 Å². The Morgan fingerprint density at radius 1 is 0.500 bits per heavy atom. The molecule has 3 aromatic heterocycles. The molecule has 0 fully saturated rings. The zero-order valence-corrected chi connectivity index (χ0v) is 28.9. The van der Waals surface area contributed by atoms with Crippen molar-refractivity contribution in [3.8, 4) is 22.8 Å². The zero-order chi connectivity index (χ0) is 34.0. The number of nitrogens with zero attached hydrogens (tertiary/aromatic N) is 4. The summed E-state index contributed by atoms with van der Waals surface area (Å²) in [7, 11) is -11.3. The smallest absolute Gasteiger partial charge is 0.179 e. The van der Waals surface area contributed by atoms with E-state index in [1.54, 1.807) is 57.2 Å². The van der Waals surface area contributed by atoms with Crippen molar-refractivity contribution in [3.05, 3.63) is 54.6 Å². The molecule has 0 saturated carbocycles. The first kappa shape index (κ1) is 32.1. The molecule has 0 spiro atoms. The molecule has 0 amide bonds. The Morgan fingerprint density at radius 3 is 1.48 bits per heavy atom. The molecule has 1 aliphatic heterocycles. The van der Waals surface area contributed by atoms with Crippen molar-refractivity contribution in [3.63, 3.8) is 0 Å². The topological polar surface area (TPSA) is 186 Å². The van der Waals surface area contributed by atoms with Crippen LogP contribution in [0, 0.1) is 0 Å². The summed E-state index contributed by atoms with van der Waals surface area (Å²) in [6, 6.07) is 14.6. The number of fused-ring (bicyclic) bond motifs is 15. The molecule has 1 aliphatic rings. The minimum Gasteiger partial charge on any atom is -0.324 e. The molecule has 12 nitrogen and oxygen atoms in total. The highest BCUT2D eigenvalue weighted by atomic mass is 32.2. The summed E-state index contributed by atoms with van der Waals surface area (Å²) < 4.78 is 81.3. The van der Waals surface area contributed by atoms with Crippen molar-refractivity contribution in [1.29, 1.82) is 0 Å². The maximum Gasteiger partial charge on any atom is 0.179 e. The monoisotopic (exact) mass is 704 g/mol. The fourth-order valence-electron chi connectivity index (χ4n) is 6.34. The molecule has 3 aromatic carbocycles. The van der Waals surface area contributed by atoms with Crippen molar-refractivity contribution in [2.24, 2.45) is 0 Å². The van der Waals surface area contributed by atoms with Gasteiger partial charge >= 0.3 is 0 Å². The molecule has 0 aliphatic carbocycles. The van der Waals surface area contributed by atoms with Gasteiger partial charge in [0, 0.05) is 32.7 Å². The second-order valence-electron chi connectivity index (χ2n) is 11.7. The quantitative estimate of drug-likeness (QED) is 0.184. The molecule has 2 N–H and O–H groups in total. The van der Waals surface area contributed by atoms with Gasteiger partial charge in [0.15, 0.2) is 41.2 Å². The SMILES string of the molecule is CCCS(=O)(=O)c1cccc2c1-c1nc-2nc2[nH]c(nc3[nH]c(n1)c1cccc(S(=O)(=O)CCC)c31)c1cccc(S(=O)(=O)CCC)c21. The number of aromatic amines is 2. The van der Waals surface area contributed by atoms with Crippen LogP contribution in [-0.4, -0.2) is 72.4 Å². The summed E-state index contributed by atoms with van der Waals surface area (Å²) in [6.45, 7) is 5.34. The van der Waals surface area contributed by atoms with Crippen molar-refractivity contribution < 1.29 is 25.3 Å². The number of aromatic nitrogens is 6. The maximum absolute atomic E-state index is 13.6. The molecule has 0 atom stereocenters. The van der Waals surface area contributed by atoms with E-state index in [1.165, 1.54) is 18.2 Å². The van der Waals surface area contributed by atoms with Gasteiger partial charge in [-0.25, -0.2) is 45.2 Å². The standard InChI is InChI=1S/C33H32N6O6S3/c1-4-16-46(40,41)22-13-7-10-19-25(22)31-34-28(19)38-32-27-21(12-9-15-24(27)48(44,45)18-6-3)30(36-32)39-33-26-20(29(35-33)37-31)11-8-14-23(26)47(42,43)17-5-2/h7-15H,4-6,16-18H2,1-3H3,(H2,34,35,36,37,38,39). The molecule has 48 heavy (non-hydrogen) atoms. The summed E-state index contributed by atoms with van der Waals surface area (Å²) in [4.78, 5) is 25.7. The average Bonchev–Trinajstić information content (AvgIpc) is 3.69. The minimum atomic E-state index is -3.76. The van der Waals surface area contributed by atoms with Gasteiger partial charge in [0.05, 0.1) is 31.9 Å². The van der Waals surface area contributed by atoms with Gasteiger partial charge in [0.2, 0.25) is 0 Å². The maximum atomic E-state index is 13.6. The molecule has 0 radical (unpaired) electrons. The number of hydrogen-bond donors (Lipinski definition) is 2. The van der Waals surface area contributed by atoms with Gasteiger partial charge in [0.1, 0.15) is 22.6 Å². The van der Waals surface area contributed by atoms with Gasteiger partial charge in [-0.05, 0) is 37.5 Å². The van der Waals surface area contributed by atoms with Crippen molar-refractivity contribution in [2.45, 2.75) is 54.7 Å². The Hall–Kier alpha value is -4.47. The predicted molar refractivity (Wildman–Crippen MR) is 185 cm³/mol. The Labute approximate surface area is 277 Å². The zero-order valence-electron chi connectivity index (χ0n) is 26.4. The Bertz CT molecular complexity index is 2720. The fraction of sp³-hybridized carbons (Fsp3) is 0.273. The van der Waals surface area contributed by atoms with E-state index in [0.29, 0.717) is 46.4 Å². The number of hydrogen-bond acceptors (Lipinski definition) is 10. The van der Waals surface area contributed by atoms with E-state index in [4.69, 9.17) is 19.9 Å². The van der Waals surface area contributed by atoms with Crippen LogP contribution in [0.4, 0.5) is 0 Å². The molecule has 248 valence electrons. The second-order valence-corrected chi connectivity index (χ2v) is 18.0. The van der Waals surface area contributed by atoms with Crippen LogP contribution in [0.5, 0.6) is 0 Å². The van der Waals surface area contributed by atoms with Gasteiger partial charge in [-0.15, -0.1) is 0 Å². The van der Waals surface area contributed by atoms with Crippen LogP contribution in [0.1, 0.15) is 40.0 Å². The third-order valence-electron chi connectivity index (χ3n) is 8.30. The second kappa shape index (κ2) is 11.6. The van der Waals surface area contributed by atoms with Crippen LogP contribution in [-0.2, 0) is 29.5 Å². The molecular formula is C33H32N6O6S3. The first-order valence-electron chi connectivity index (χ1n) is 15.6. The third kappa shape index (κ3) is 5.11. The lowest BCUT2D eigenvalue weighted by molar-refractivity contribution is 0.593. The van der Waals surface area contributed by atoms with Crippen LogP contribution in [0.2, 0.25) is 0 Å². The fourth-order valence-corrected chi connectivity index (χ4v) is 11.0. The van der Waals surface area contributed by atoms with Crippen LogP contribution < -0.4 is 0 Å². The van der Waals surface area contributed by atoms with E-state index in [-0.39, 0.29) is 71.7 Å². The van der Waals surface area contributed by atoms with Gasteiger partial charge < -0.3 is 9.97 Å². The lowest BCUT2D eigenvalue weighted by atomic mass is 10.1. The lowest BCUT2D eigenvalue weighted by Gasteiger charge is -2.08. The molecule has 6 aromatic rings. The first-order valence-corrected chi connectivity index (χ1v) is 20.6. The van der Waals surface area contributed by atoms with E-state index in [2.05, 4.69) is 9.97 Å². The van der Waals surface area contributed by atoms with Crippen LogP contribution in [0.15, 0.2) is 69.3 Å². The van der Waals surface area contributed by atoms with E-state index in [9.17, 15) is 25.3 Å². The van der Waals surface area contributed by atoms with E-state index in [1.807, 2.05) is 0 Å². The summed E-state index contributed by atoms with van der Waals surface area (Å²) in [6.07, 6.45) is 1.19. The number of sulfone groups is 3. The summed E-state index contributed by atoms with van der Waals surface area (Å²) in [5, 5.41) is 1.48. The van der Waals surface area contributed by atoms with E-state index >= 15 is 0 Å². The highest BCUT2D eigenvalue weighted by Crippen LogP contribution is 2.40. The minimum absolute atomic E-state index is 0.0413. The third-order valence-corrected chi connectivity index (χ3v) is 14.2. The van der Waals surface area contributed by atoms with Gasteiger partial charge in [-0.1, -0.05) is 57.2 Å². The molecular weight excluding hydrogens is 673 g/mol. The van der Waals surface area contributed by atoms with Gasteiger partial charge in [0.25, 0.3) is 0 Å². The number of nitrogens with one attached hydrogen (secondary N) is 2. The van der Waals surface area contributed by atoms with Crippen molar-refractivity contribution >= 4 is 73.6 Å². The molecule has 7 rings (SSSR count). The molecule has 0 unspecified atom stereocenters. The van der Waals surface area contributed by atoms with Crippen molar-refractivity contribution in [1.82, 2.24) is 29.9 Å². The molecule has 15 heteroatoms. The Morgan fingerprint density at radius 2 is 0.938 bits per heavy atom. The Balaban J connectivity index is 1.74. The highest BCUT2D eigenvalue weighted by Gasteiger charge is 2.30. The molecule has 6 bridgehead atoms. The Kier molecular flexibility index (Phi) is 7.75. The highest BCUT2D eigenvalue weighted by molar-refractivity contribution is 7.92. The first-order chi connectivity index (χ1) is 22.9. The van der Waals surface area contributed by atoms with Gasteiger partial charge in [-0.2, -0.15) is 0 Å². The molecule has 4 heterocycles. The van der Waals surface area contributed by atoms with Crippen LogP contribution in [0.3, 0.4) is 0 Å². The number of H-pyrrole nitrogens is 2. The number of rotatable bonds is 9.